The Kier molecular flexibility index (Phi) is 4.54. The number of piperidine rings is 1. The first kappa shape index (κ1) is 18.7. The lowest BCUT2D eigenvalue weighted by Crippen LogP contribution is -2.57. The van der Waals surface area contributed by atoms with Gasteiger partial charge in [0, 0.05) is 30.4 Å². The second kappa shape index (κ2) is 6.78. The largest absolute Gasteiger partial charge is 0.496 e. The van der Waals surface area contributed by atoms with Crippen LogP contribution in [0, 0.1) is 11.8 Å². The fraction of sp³-hybridized carbons (Fsp3) is 0.455. The fourth-order valence-corrected chi connectivity index (χ4v) is 5.23. The van der Waals surface area contributed by atoms with E-state index in [1.807, 2.05) is 24.3 Å². The maximum atomic E-state index is 13.6. The molecule has 4 atom stereocenters. The van der Waals surface area contributed by atoms with Crippen LogP contribution in [-0.2, 0) is 9.53 Å². The molecule has 0 aromatic heterocycles. The molecule has 6 nitrogen and oxygen atoms in total. The topological polar surface area (TPSA) is 67.9 Å². The van der Waals surface area contributed by atoms with Crippen molar-refractivity contribution in [1.29, 1.82) is 0 Å². The van der Waals surface area contributed by atoms with E-state index in [-0.39, 0.29) is 23.7 Å². The highest BCUT2D eigenvalue weighted by Crippen LogP contribution is 2.49. The SMILES string of the molecule is C=C[C@H]1CN2CC[C@]3(Nc4cccc(OC)c4C3=O)[C@@H]2C[C@@H]1C(=C)C(=O)OC. The molecule has 1 aromatic rings. The van der Waals surface area contributed by atoms with Crippen molar-refractivity contribution in [1.82, 2.24) is 4.90 Å². The van der Waals surface area contributed by atoms with Gasteiger partial charge in [0.25, 0.3) is 0 Å². The van der Waals surface area contributed by atoms with Gasteiger partial charge in [-0.1, -0.05) is 18.7 Å². The van der Waals surface area contributed by atoms with Gasteiger partial charge in [0.15, 0.2) is 5.78 Å². The van der Waals surface area contributed by atoms with Gasteiger partial charge >= 0.3 is 5.97 Å². The lowest BCUT2D eigenvalue weighted by atomic mass is 9.73. The van der Waals surface area contributed by atoms with E-state index in [1.54, 1.807) is 7.11 Å². The summed E-state index contributed by atoms with van der Waals surface area (Å²) in [6, 6.07) is 5.61. The Balaban J connectivity index is 1.69. The zero-order chi connectivity index (χ0) is 20.1. The number of esters is 1. The van der Waals surface area contributed by atoms with E-state index in [0.717, 1.165) is 25.2 Å². The first-order valence-corrected chi connectivity index (χ1v) is 9.60. The van der Waals surface area contributed by atoms with E-state index in [2.05, 4.69) is 23.4 Å². The van der Waals surface area contributed by atoms with Crippen molar-refractivity contribution in [3.8, 4) is 5.75 Å². The van der Waals surface area contributed by atoms with Gasteiger partial charge in [-0.05, 0) is 36.8 Å². The molecule has 0 aliphatic carbocycles. The summed E-state index contributed by atoms with van der Waals surface area (Å²) < 4.78 is 10.3. The van der Waals surface area contributed by atoms with Gasteiger partial charge in [-0.15, -0.1) is 6.58 Å². The lowest BCUT2D eigenvalue weighted by molar-refractivity contribution is -0.137. The molecule has 1 aromatic carbocycles. The van der Waals surface area contributed by atoms with Crippen LogP contribution in [0.2, 0.25) is 0 Å². The molecule has 3 aliphatic rings. The normalized spacial score (nSPS) is 31.1. The molecule has 28 heavy (non-hydrogen) atoms. The Morgan fingerprint density at radius 1 is 1.39 bits per heavy atom. The minimum Gasteiger partial charge on any atom is -0.496 e. The summed E-state index contributed by atoms with van der Waals surface area (Å²) in [4.78, 5) is 28.0. The van der Waals surface area contributed by atoms with Gasteiger partial charge in [-0.25, -0.2) is 4.79 Å². The molecule has 3 aliphatic heterocycles. The van der Waals surface area contributed by atoms with Crippen molar-refractivity contribution < 1.29 is 19.1 Å². The zero-order valence-electron chi connectivity index (χ0n) is 16.4. The van der Waals surface area contributed by atoms with E-state index in [0.29, 0.717) is 23.3 Å². The van der Waals surface area contributed by atoms with Crippen LogP contribution in [0.25, 0.3) is 0 Å². The number of ether oxygens (including phenoxy) is 2. The van der Waals surface area contributed by atoms with E-state index < -0.39 is 11.5 Å². The summed E-state index contributed by atoms with van der Waals surface area (Å²) in [7, 11) is 2.95. The van der Waals surface area contributed by atoms with Gasteiger partial charge in [-0.2, -0.15) is 0 Å². The van der Waals surface area contributed by atoms with Gasteiger partial charge in [-0.3, -0.25) is 9.69 Å². The molecule has 148 valence electrons. The van der Waals surface area contributed by atoms with Gasteiger partial charge in [0.1, 0.15) is 11.3 Å². The summed E-state index contributed by atoms with van der Waals surface area (Å²) in [5.41, 5.74) is 1.20. The number of rotatable bonds is 4. The van der Waals surface area contributed by atoms with Crippen LogP contribution in [0.15, 0.2) is 43.0 Å². The van der Waals surface area contributed by atoms with Crippen molar-refractivity contribution >= 4 is 17.4 Å². The van der Waals surface area contributed by atoms with Crippen LogP contribution in [0.4, 0.5) is 5.69 Å². The number of anilines is 1. The summed E-state index contributed by atoms with van der Waals surface area (Å²) >= 11 is 0. The van der Waals surface area contributed by atoms with Crippen molar-refractivity contribution in [2.24, 2.45) is 11.8 Å². The number of nitrogens with one attached hydrogen (secondary N) is 1. The molecular formula is C22H26N2O4. The highest BCUT2D eigenvalue weighted by molar-refractivity contribution is 6.16. The van der Waals surface area contributed by atoms with Crippen LogP contribution in [0.1, 0.15) is 23.2 Å². The minimum atomic E-state index is -0.697. The fourth-order valence-electron chi connectivity index (χ4n) is 5.23. The third kappa shape index (κ3) is 2.51. The Morgan fingerprint density at radius 3 is 2.86 bits per heavy atom. The first-order valence-electron chi connectivity index (χ1n) is 9.60. The van der Waals surface area contributed by atoms with E-state index in [1.165, 1.54) is 7.11 Å². The van der Waals surface area contributed by atoms with Crippen molar-refractivity contribution in [3.05, 3.63) is 48.6 Å². The molecule has 3 heterocycles. The highest BCUT2D eigenvalue weighted by Gasteiger charge is 2.59. The number of methoxy groups -OCH3 is 2. The Hall–Kier alpha value is -2.60. The molecule has 0 unspecified atom stereocenters. The standard InChI is InChI=1S/C22H26N2O4/c1-5-14-12-24-10-9-22(18(24)11-15(14)13(2)21(26)28-4)20(25)19-16(23-22)7-6-8-17(19)27-3/h5-8,14-15,18,23H,1-2,9-12H2,3-4H3/t14-,15+,18-,22-/m0/s1. The second-order valence-electron chi connectivity index (χ2n) is 7.83. The van der Waals surface area contributed by atoms with Crippen molar-refractivity contribution in [2.45, 2.75) is 24.4 Å². The summed E-state index contributed by atoms with van der Waals surface area (Å²) in [6.45, 7) is 9.52. The molecule has 0 amide bonds. The predicted molar refractivity (Wildman–Crippen MR) is 107 cm³/mol. The van der Waals surface area contributed by atoms with Gasteiger partial charge < -0.3 is 14.8 Å². The Bertz CT molecular complexity index is 864. The molecule has 0 radical (unpaired) electrons. The zero-order valence-corrected chi connectivity index (χ0v) is 16.4. The average molecular weight is 382 g/mol. The van der Waals surface area contributed by atoms with E-state index in [9.17, 15) is 9.59 Å². The van der Waals surface area contributed by atoms with Crippen LogP contribution < -0.4 is 10.1 Å². The maximum absolute atomic E-state index is 13.6. The minimum absolute atomic E-state index is 0.0280. The number of carbonyl (C=O) groups excluding carboxylic acids is 2. The van der Waals surface area contributed by atoms with Crippen molar-refractivity contribution in [3.63, 3.8) is 0 Å². The average Bonchev–Trinajstić information content (AvgIpc) is 3.23. The van der Waals surface area contributed by atoms with E-state index in [4.69, 9.17) is 9.47 Å². The molecule has 4 rings (SSSR count). The molecule has 2 saturated heterocycles. The molecule has 2 fully saturated rings. The third-order valence-corrected chi connectivity index (χ3v) is 6.68. The molecule has 0 bridgehead atoms. The lowest BCUT2D eigenvalue weighted by Gasteiger charge is -2.44. The number of nitrogens with zero attached hydrogens (tertiary/aromatic N) is 1. The maximum Gasteiger partial charge on any atom is 0.333 e. The first-order chi connectivity index (χ1) is 13.5. The smallest absolute Gasteiger partial charge is 0.333 e. The number of hydrogen-bond donors (Lipinski definition) is 1. The number of Topliss-reactive ketones (excluding diaryl/α,β-unsaturated/α-hetero) is 1. The van der Waals surface area contributed by atoms with Crippen LogP contribution in [0.5, 0.6) is 5.75 Å². The second-order valence-corrected chi connectivity index (χ2v) is 7.83. The summed E-state index contributed by atoms with van der Waals surface area (Å²) in [5, 5.41) is 3.53. The molecule has 0 saturated carbocycles. The monoisotopic (exact) mass is 382 g/mol. The summed E-state index contributed by atoms with van der Waals surface area (Å²) in [6.07, 6.45) is 3.26. The van der Waals surface area contributed by atoms with Gasteiger partial charge in [0.2, 0.25) is 0 Å². The molecule has 1 N–H and O–H groups in total. The Labute approximate surface area is 165 Å². The van der Waals surface area contributed by atoms with Crippen LogP contribution in [-0.4, -0.2) is 55.5 Å². The van der Waals surface area contributed by atoms with Gasteiger partial charge in [0.05, 0.1) is 19.8 Å². The quantitative estimate of drug-likeness (QED) is 0.491. The number of fused-ring (bicyclic) bond motifs is 3. The number of carbonyl (C=O) groups is 2. The third-order valence-electron chi connectivity index (χ3n) is 6.68. The number of hydrogen-bond acceptors (Lipinski definition) is 6. The predicted octanol–water partition coefficient (Wildman–Crippen LogP) is 2.67. The summed E-state index contributed by atoms with van der Waals surface area (Å²) in [5.74, 6) is 0.286. The van der Waals surface area contributed by atoms with Crippen LogP contribution >= 0.6 is 0 Å². The van der Waals surface area contributed by atoms with Crippen LogP contribution in [0.3, 0.4) is 0 Å². The molecule has 6 heteroatoms. The van der Waals surface area contributed by atoms with E-state index >= 15 is 0 Å². The number of benzene rings is 1. The van der Waals surface area contributed by atoms with Crippen molar-refractivity contribution in [2.75, 3.05) is 32.6 Å². The Morgan fingerprint density at radius 2 is 2.18 bits per heavy atom. The highest BCUT2D eigenvalue weighted by atomic mass is 16.5. The number of ketones is 1. The molecule has 1 spiro atoms. The molecular weight excluding hydrogens is 356 g/mol.